The van der Waals surface area contributed by atoms with Gasteiger partial charge in [0.15, 0.2) is 0 Å². The van der Waals surface area contributed by atoms with Crippen LogP contribution in [0.1, 0.15) is 5.69 Å². The van der Waals surface area contributed by atoms with E-state index in [2.05, 4.69) is 22.1 Å². The summed E-state index contributed by atoms with van der Waals surface area (Å²) < 4.78 is 0. The molecule has 2 rings (SSSR count). The van der Waals surface area contributed by atoms with Crippen molar-refractivity contribution in [3.05, 3.63) is 54.6 Å². The number of nitrogens with zero attached hydrogens (tertiary/aromatic N) is 2. The molecule has 0 fully saturated rings. The van der Waals surface area contributed by atoms with Crippen molar-refractivity contribution in [2.75, 3.05) is 0 Å². The van der Waals surface area contributed by atoms with Crippen LogP contribution in [0.5, 0.6) is 0 Å². The molecule has 2 aromatic rings. The van der Waals surface area contributed by atoms with Crippen molar-refractivity contribution >= 4 is 11.8 Å². The highest BCUT2D eigenvalue weighted by molar-refractivity contribution is 7.98. The fraction of sp³-hybridized carbons (Fsp3) is 0.0909. The Kier molecular flexibility index (Phi) is 3.14. The Morgan fingerprint density at radius 2 is 1.93 bits per heavy atom. The number of thioether (sulfide) groups is 1. The Hall–Kier alpha value is -1.35. The average Bonchev–Trinajstić information content (AvgIpc) is 2.29. The van der Waals surface area contributed by atoms with E-state index in [-0.39, 0.29) is 0 Å². The minimum absolute atomic E-state index is 0.895. The largest absolute Gasteiger partial charge is 0.245 e. The van der Waals surface area contributed by atoms with Crippen LogP contribution in [0, 0.1) is 0 Å². The molecule has 0 unspecified atom stereocenters. The van der Waals surface area contributed by atoms with Gasteiger partial charge in [-0.3, -0.25) is 0 Å². The first-order chi connectivity index (χ1) is 6.95. The maximum Gasteiger partial charge on any atom is 0.115 e. The molecule has 0 aliphatic rings. The number of hydrogen-bond acceptors (Lipinski definition) is 3. The predicted octanol–water partition coefficient (Wildman–Crippen LogP) is 2.77. The molecule has 0 amide bonds. The summed E-state index contributed by atoms with van der Waals surface area (Å²) in [7, 11) is 0. The highest BCUT2D eigenvalue weighted by Crippen LogP contribution is 2.20. The Balaban J connectivity index is 1.96. The van der Waals surface area contributed by atoms with Gasteiger partial charge in [0.25, 0.3) is 0 Å². The van der Waals surface area contributed by atoms with Crippen molar-refractivity contribution in [1.82, 2.24) is 9.97 Å². The summed E-state index contributed by atoms with van der Waals surface area (Å²) in [4.78, 5) is 9.31. The van der Waals surface area contributed by atoms with E-state index in [1.54, 1.807) is 24.3 Å². The summed E-state index contributed by atoms with van der Waals surface area (Å²) in [6.45, 7) is 0. The second kappa shape index (κ2) is 4.77. The van der Waals surface area contributed by atoms with Crippen molar-refractivity contribution in [1.29, 1.82) is 0 Å². The van der Waals surface area contributed by atoms with Crippen molar-refractivity contribution in [2.45, 2.75) is 10.6 Å². The first-order valence-electron chi connectivity index (χ1n) is 4.38. The lowest BCUT2D eigenvalue weighted by Gasteiger charge is -1.99. The minimum Gasteiger partial charge on any atom is -0.245 e. The van der Waals surface area contributed by atoms with E-state index < -0.39 is 0 Å². The number of hydrogen-bond donors (Lipinski definition) is 0. The Labute approximate surface area is 87.4 Å². The average molecular weight is 202 g/mol. The smallest absolute Gasteiger partial charge is 0.115 e. The second-order valence-corrected chi connectivity index (χ2v) is 3.85. The molecule has 1 aromatic heterocycles. The molecule has 0 spiro atoms. The maximum absolute atomic E-state index is 4.16. The molecule has 70 valence electrons. The quantitative estimate of drug-likeness (QED) is 0.716. The van der Waals surface area contributed by atoms with Gasteiger partial charge in [-0.15, -0.1) is 11.8 Å². The molecular formula is C11H10N2S. The molecular weight excluding hydrogens is 192 g/mol. The van der Waals surface area contributed by atoms with Gasteiger partial charge < -0.3 is 0 Å². The maximum atomic E-state index is 4.16. The van der Waals surface area contributed by atoms with E-state index in [4.69, 9.17) is 0 Å². The van der Waals surface area contributed by atoms with Gasteiger partial charge in [-0.2, -0.15) is 0 Å². The molecule has 14 heavy (non-hydrogen) atoms. The van der Waals surface area contributed by atoms with E-state index in [1.165, 1.54) is 4.90 Å². The van der Waals surface area contributed by atoms with Crippen LogP contribution in [-0.4, -0.2) is 9.97 Å². The Morgan fingerprint density at radius 1 is 1.07 bits per heavy atom. The summed E-state index contributed by atoms with van der Waals surface area (Å²) in [5, 5.41) is 0. The van der Waals surface area contributed by atoms with E-state index in [9.17, 15) is 0 Å². The standard InChI is InChI=1S/C11H10N2S/c1-2-4-11(5-3-1)14-8-10-6-7-12-9-13-10/h1-7,9H,8H2. The van der Waals surface area contributed by atoms with Crippen LogP contribution in [0.4, 0.5) is 0 Å². The molecule has 0 aliphatic heterocycles. The number of rotatable bonds is 3. The van der Waals surface area contributed by atoms with Gasteiger partial charge in [0.05, 0.1) is 5.69 Å². The predicted molar refractivity (Wildman–Crippen MR) is 58.0 cm³/mol. The highest BCUT2D eigenvalue weighted by Gasteiger charge is 1.95. The van der Waals surface area contributed by atoms with Crippen molar-refractivity contribution in [2.24, 2.45) is 0 Å². The van der Waals surface area contributed by atoms with Crippen LogP contribution in [-0.2, 0) is 5.75 Å². The SMILES string of the molecule is c1ccc(SCc2ccncn2)cc1. The summed E-state index contributed by atoms with van der Waals surface area (Å²) in [5.41, 5.74) is 1.06. The third-order valence-electron chi connectivity index (χ3n) is 1.77. The molecule has 1 heterocycles. The second-order valence-electron chi connectivity index (χ2n) is 2.80. The van der Waals surface area contributed by atoms with Crippen molar-refractivity contribution in [3.63, 3.8) is 0 Å². The van der Waals surface area contributed by atoms with E-state index in [1.807, 2.05) is 24.3 Å². The Morgan fingerprint density at radius 3 is 2.64 bits per heavy atom. The van der Waals surface area contributed by atoms with Crippen LogP contribution in [0.3, 0.4) is 0 Å². The van der Waals surface area contributed by atoms with E-state index in [0.29, 0.717) is 0 Å². The van der Waals surface area contributed by atoms with E-state index >= 15 is 0 Å². The van der Waals surface area contributed by atoms with Gasteiger partial charge in [0.2, 0.25) is 0 Å². The van der Waals surface area contributed by atoms with Gasteiger partial charge in [0.1, 0.15) is 6.33 Å². The number of aromatic nitrogens is 2. The molecule has 0 aliphatic carbocycles. The summed E-state index contributed by atoms with van der Waals surface area (Å²) in [6, 6.07) is 12.3. The van der Waals surface area contributed by atoms with Crippen LogP contribution >= 0.6 is 11.8 Å². The molecule has 0 saturated heterocycles. The van der Waals surface area contributed by atoms with Crippen molar-refractivity contribution in [3.8, 4) is 0 Å². The monoisotopic (exact) mass is 202 g/mol. The van der Waals surface area contributed by atoms with Crippen LogP contribution < -0.4 is 0 Å². The lowest BCUT2D eigenvalue weighted by molar-refractivity contribution is 1.09. The zero-order valence-electron chi connectivity index (χ0n) is 7.63. The van der Waals surface area contributed by atoms with Gasteiger partial charge in [-0.1, -0.05) is 18.2 Å². The van der Waals surface area contributed by atoms with Gasteiger partial charge in [0, 0.05) is 16.8 Å². The summed E-state index contributed by atoms with van der Waals surface area (Å²) >= 11 is 1.78. The normalized spacial score (nSPS) is 10.0. The molecule has 3 heteroatoms. The number of benzene rings is 1. The fourth-order valence-corrected chi connectivity index (χ4v) is 1.91. The lowest BCUT2D eigenvalue weighted by atomic mass is 10.4. The third-order valence-corrected chi connectivity index (χ3v) is 2.82. The summed E-state index contributed by atoms with van der Waals surface area (Å²) in [5.74, 6) is 0.895. The molecule has 2 nitrogen and oxygen atoms in total. The minimum atomic E-state index is 0.895. The van der Waals surface area contributed by atoms with Crippen molar-refractivity contribution < 1.29 is 0 Å². The van der Waals surface area contributed by atoms with Gasteiger partial charge in [-0.05, 0) is 18.2 Å². The van der Waals surface area contributed by atoms with Crippen LogP contribution in [0.2, 0.25) is 0 Å². The zero-order valence-corrected chi connectivity index (χ0v) is 8.45. The van der Waals surface area contributed by atoms with Crippen LogP contribution in [0.15, 0.2) is 53.8 Å². The topological polar surface area (TPSA) is 25.8 Å². The van der Waals surface area contributed by atoms with Gasteiger partial charge >= 0.3 is 0 Å². The molecule has 1 aromatic carbocycles. The molecule has 0 radical (unpaired) electrons. The molecule has 0 atom stereocenters. The zero-order chi connectivity index (χ0) is 9.64. The first-order valence-corrected chi connectivity index (χ1v) is 5.36. The van der Waals surface area contributed by atoms with Crippen LogP contribution in [0.25, 0.3) is 0 Å². The summed E-state index contributed by atoms with van der Waals surface area (Å²) in [6.07, 6.45) is 3.36. The van der Waals surface area contributed by atoms with Gasteiger partial charge in [-0.25, -0.2) is 9.97 Å². The molecule has 0 bridgehead atoms. The lowest BCUT2D eigenvalue weighted by Crippen LogP contribution is -1.86. The first kappa shape index (κ1) is 9.21. The highest BCUT2D eigenvalue weighted by atomic mass is 32.2. The van der Waals surface area contributed by atoms with E-state index in [0.717, 1.165) is 11.4 Å². The molecule has 0 saturated carbocycles. The Bertz CT molecular complexity index is 336. The third kappa shape index (κ3) is 2.57. The molecule has 0 N–H and O–H groups in total. The fourth-order valence-electron chi connectivity index (χ4n) is 1.08.